The molecule has 0 spiro atoms. The zero-order chi connectivity index (χ0) is 25.4. The molecule has 7 heteroatoms. The maximum atomic E-state index is 12.8. The third-order valence-corrected chi connectivity index (χ3v) is 8.40. The molecule has 6 nitrogen and oxygen atoms in total. The number of hydrogen-bond donors (Lipinski definition) is 0. The summed E-state index contributed by atoms with van der Waals surface area (Å²) >= 11 is 1.58. The second-order valence-electron chi connectivity index (χ2n) is 11.2. The Morgan fingerprint density at radius 3 is 2.58 bits per heavy atom. The van der Waals surface area contributed by atoms with Crippen molar-refractivity contribution < 1.29 is 9.59 Å². The lowest BCUT2D eigenvalue weighted by atomic mass is 9.87. The molecule has 3 aromatic rings. The summed E-state index contributed by atoms with van der Waals surface area (Å²) in [5, 5.41) is 1.26. The minimum Gasteiger partial charge on any atom is -0.353 e. The number of fused-ring (bicyclic) bond motifs is 2. The van der Waals surface area contributed by atoms with Crippen molar-refractivity contribution in [2.45, 2.75) is 46.5 Å². The fourth-order valence-corrected chi connectivity index (χ4v) is 5.94. The van der Waals surface area contributed by atoms with Crippen LogP contribution in [-0.4, -0.2) is 60.2 Å². The predicted molar refractivity (Wildman–Crippen MR) is 148 cm³/mol. The number of benzene rings is 2. The van der Waals surface area contributed by atoms with Gasteiger partial charge in [-0.1, -0.05) is 52.0 Å². The smallest absolute Gasteiger partial charge is 0.228 e. The van der Waals surface area contributed by atoms with Crippen molar-refractivity contribution in [2.75, 3.05) is 49.1 Å². The van der Waals surface area contributed by atoms with Crippen LogP contribution in [0.5, 0.6) is 0 Å². The molecule has 2 aromatic carbocycles. The number of Topliss-reactive ketones (excluding diaryl/α,β-unsaturated/α-hetero) is 1. The SMILES string of the molecule is CC1CC(=O)N(CC(=O)C(C)(C)C)c2ccc(CCN3CCN(c4nsc5ccccc45)CC3)cc21. The van der Waals surface area contributed by atoms with Gasteiger partial charge in [0.05, 0.1) is 11.2 Å². The highest BCUT2D eigenvalue weighted by molar-refractivity contribution is 7.13. The summed E-state index contributed by atoms with van der Waals surface area (Å²) in [5.41, 5.74) is 2.93. The van der Waals surface area contributed by atoms with Crippen molar-refractivity contribution in [1.29, 1.82) is 0 Å². The fraction of sp³-hybridized carbons (Fsp3) is 0.483. The molecule has 1 unspecified atom stereocenters. The van der Waals surface area contributed by atoms with Gasteiger partial charge in [-0.05, 0) is 53.2 Å². The second-order valence-corrected chi connectivity index (χ2v) is 12.0. The van der Waals surface area contributed by atoms with Crippen LogP contribution in [0.4, 0.5) is 11.5 Å². The van der Waals surface area contributed by atoms with E-state index in [0.717, 1.165) is 50.6 Å². The van der Waals surface area contributed by atoms with Crippen LogP contribution in [0.1, 0.15) is 51.2 Å². The first-order valence-electron chi connectivity index (χ1n) is 13.0. The van der Waals surface area contributed by atoms with Crippen LogP contribution >= 0.6 is 11.5 Å². The van der Waals surface area contributed by atoms with E-state index in [1.165, 1.54) is 21.2 Å². The summed E-state index contributed by atoms with van der Waals surface area (Å²) in [6.07, 6.45) is 1.44. The molecule has 1 fully saturated rings. The maximum absolute atomic E-state index is 12.8. The van der Waals surface area contributed by atoms with E-state index in [0.29, 0.717) is 6.42 Å². The van der Waals surface area contributed by atoms with Gasteiger partial charge in [0.1, 0.15) is 5.82 Å². The zero-order valence-electron chi connectivity index (χ0n) is 21.8. The highest BCUT2D eigenvalue weighted by atomic mass is 32.1. The van der Waals surface area contributed by atoms with Gasteiger partial charge in [0.15, 0.2) is 5.78 Å². The molecule has 190 valence electrons. The van der Waals surface area contributed by atoms with Crippen LogP contribution in [0.3, 0.4) is 0 Å². The molecule has 0 radical (unpaired) electrons. The number of ketones is 1. The Bertz CT molecular complexity index is 1270. The normalized spacial score (nSPS) is 19.1. The first-order chi connectivity index (χ1) is 17.2. The number of amides is 1. The molecule has 5 rings (SSSR count). The second kappa shape index (κ2) is 9.94. The summed E-state index contributed by atoms with van der Waals surface area (Å²) in [6, 6.07) is 14.9. The van der Waals surface area contributed by atoms with Crippen LogP contribution in [0.25, 0.3) is 10.1 Å². The Hall–Kier alpha value is -2.77. The van der Waals surface area contributed by atoms with Crippen LogP contribution < -0.4 is 9.80 Å². The van der Waals surface area contributed by atoms with Crippen molar-refractivity contribution in [2.24, 2.45) is 5.41 Å². The quantitative estimate of drug-likeness (QED) is 0.467. The van der Waals surface area contributed by atoms with Gasteiger partial charge in [0.25, 0.3) is 0 Å². The maximum Gasteiger partial charge on any atom is 0.228 e. The number of piperazine rings is 1. The number of carbonyl (C=O) groups is 2. The van der Waals surface area contributed by atoms with E-state index >= 15 is 0 Å². The van der Waals surface area contributed by atoms with Gasteiger partial charge in [-0.2, -0.15) is 4.37 Å². The van der Waals surface area contributed by atoms with E-state index in [4.69, 9.17) is 4.37 Å². The molecule has 1 amide bonds. The summed E-state index contributed by atoms with van der Waals surface area (Å²) in [7, 11) is 0. The largest absolute Gasteiger partial charge is 0.353 e. The van der Waals surface area contributed by atoms with Gasteiger partial charge in [-0.15, -0.1) is 0 Å². The van der Waals surface area contributed by atoms with E-state index in [-0.39, 0.29) is 24.2 Å². The molecule has 0 aliphatic carbocycles. The van der Waals surface area contributed by atoms with Gasteiger partial charge in [0.2, 0.25) is 5.91 Å². The molecule has 2 aliphatic rings. The minimum absolute atomic E-state index is 0.0473. The van der Waals surface area contributed by atoms with Crippen molar-refractivity contribution in [3.8, 4) is 0 Å². The summed E-state index contributed by atoms with van der Waals surface area (Å²) in [5.74, 6) is 1.43. The van der Waals surface area contributed by atoms with Gasteiger partial charge in [-0.3, -0.25) is 14.5 Å². The number of aromatic nitrogens is 1. The van der Waals surface area contributed by atoms with E-state index in [9.17, 15) is 9.59 Å². The van der Waals surface area contributed by atoms with E-state index < -0.39 is 5.41 Å². The van der Waals surface area contributed by atoms with Gasteiger partial charge < -0.3 is 9.80 Å². The molecular formula is C29H36N4O2S. The number of carbonyl (C=O) groups excluding carboxylic acids is 2. The van der Waals surface area contributed by atoms with Gasteiger partial charge >= 0.3 is 0 Å². The molecular weight excluding hydrogens is 468 g/mol. The third kappa shape index (κ3) is 5.04. The summed E-state index contributed by atoms with van der Waals surface area (Å²) in [6.45, 7) is 13.1. The molecule has 1 saturated heterocycles. The number of anilines is 2. The third-order valence-electron chi connectivity index (χ3n) is 7.58. The van der Waals surface area contributed by atoms with Crippen LogP contribution in [0.15, 0.2) is 42.5 Å². The molecule has 1 aromatic heterocycles. The summed E-state index contributed by atoms with van der Waals surface area (Å²) < 4.78 is 5.98. The monoisotopic (exact) mass is 504 g/mol. The lowest BCUT2D eigenvalue weighted by molar-refractivity contribution is -0.127. The van der Waals surface area contributed by atoms with Gasteiger partial charge in [-0.25, -0.2) is 0 Å². The van der Waals surface area contributed by atoms with E-state index in [2.05, 4.69) is 59.2 Å². The van der Waals surface area contributed by atoms with Crippen molar-refractivity contribution >= 4 is 44.8 Å². The molecule has 1 atom stereocenters. The lowest BCUT2D eigenvalue weighted by Crippen LogP contribution is -2.47. The van der Waals surface area contributed by atoms with Crippen molar-refractivity contribution in [1.82, 2.24) is 9.27 Å². The lowest BCUT2D eigenvalue weighted by Gasteiger charge is -2.35. The molecule has 2 aliphatic heterocycles. The Labute approximate surface area is 218 Å². The highest BCUT2D eigenvalue weighted by Gasteiger charge is 2.33. The number of nitrogens with zero attached hydrogens (tertiary/aromatic N) is 4. The summed E-state index contributed by atoms with van der Waals surface area (Å²) in [4.78, 5) is 32.1. The topological polar surface area (TPSA) is 56.8 Å². The average Bonchev–Trinajstić information content (AvgIpc) is 3.29. The van der Waals surface area contributed by atoms with E-state index in [1.807, 2.05) is 20.8 Å². The standard InChI is InChI=1S/C29H36N4O2S/c1-20-17-27(35)33(19-26(34)29(2,3)4)24-10-9-21(18-23(20)24)11-12-31-13-15-32(16-14-31)28-22-7-5-6-8-25(22)36-30-28/h5-10,18,20H,11-17,19H2,1-4H3. The number of hydrogen-bond acceptors (Lipinski definition) is 6. The molecule has 36 heavy (non-hydrogen) atoms. The Morgan fingerprint density at radius 1 is 1.08 bits per heavy atom. The van der Waals surface area contributed by atoms with E-state index in [1.54, 1.807) is 16.4 Å². The molecule has 0 N–H and O–H groups in total. The number of rotatable bonds is 6. The Kier molecular flexibility index (Phi) is 6.88. The minimum atomic E-state index is -0.458. The van der Waals surface area contributed by atoms with Crippen LogP contribution in [0, 0.1) is 5.41 Å². The van der Waals surface area contributed by atoms with Crippen LogP contribution in [-0.2, 0) is 16.0 Å². The molecule has 0 bridgehead atoms. The van der Waals surface area contributed by atoms with Crippen LogP contribution in [0.2, 0.25) is 0 Å². The fourth-order valence-electron chi connectivity index (χ4n) is 5.14. The van der Waals surface area contributed by atoms with Crippen molar-refractivity contribution in [3.05, 3.63) is 53.6 Å². The predicted octanol–water partition coefficient (Wildman–Crippen LogP) is 5.12. The first kappa shape index (κ1) is 24.9. The highest BCUT2D eigenvalue weighted by Crippen LogP contribution is 2.37. The van der Waals surface area contributed by atoms with Gasteiger partial charge in [0, 0.05) is 55.6 Å². The molecule has 0 saturated carbocycles. The Balaban J connectivity index is 1.21. The average molecular weight is 505 g/mol. The zero-order valence-corrected chi connectivity index (χ0v) is 22.6. The Morgan fingerprint density at radius 2 is 1.83 bits per heavy atom. The van der Waals surface area contributed by atoms with Crippen molar-refractivity contribution in [3.63, 3.8) is 0 Å². The molecule has 3 heterocycles. The first-order valence-corrected chi connectivity index (χ1v) is 13.8.